The van der Waals surface area contributed by atoms with Gasteiger partial charge in [0.15, 0.2) is 5.78 Å². The molecule has 0 bridgehead atoms. The molecule has 3 unspecified atom stereocenters. The topological polar surface area (TPSA) is 94.9 Å². The van der Waals surface area contributed by atoms with E-state index in [1.54, 1.807) is 27.7 Å². The van der Waals surface area contributed by atoms with Crippen molar-refractivity contribution in [2.45, 2.75) is 53.1 Å². The maximum Gasteiger partial charge on any atom is 0.407 e. The van der Waals surface area contributed by atoms with Crippen molar-refractivity contribution >= 4 is 17.8 Å². The predicted molar refractivity (Wildman–Crippen MR) is 67.9 cm³/mol. The van der Waals surface area contributed by atoms with Gasteiger partial charge in [-0.25, -0.2) is 4.79 Å². The van der Waals surface area contributed by atoms with E-state index >= 15 is 0 Å². The third-order valence-electron chi connectivity index (χ3n) is 3.85. The number of carboxylic acid groups (broad SMARTS) is 2. The number of nitrogens with zero attached hydrogens (tertiary/aromatic N) is 1. The molecule has 1 amide bonds. The number of hydrogen-bond acceptors (Lipinski definition) is 3. The van der Waals surface area contributed by atoms with E-state index in [1.807, 2.05) is 0 Å². The highest BCUT2D eigenvalue weighted by atomic mass is 16.4. The van der Waals surface area contributed by atoms with Crippen molar-refractivity contribution in [1.29, 1.82) is 0 Å². The van der Waals surface area contributed by atoms with Crippen LogP contribution in [0.2, 0.25) is 0 Å². The van der Waals surface area contributed by atoms with E-state index in [2.05, 4.69) is 0 Å². The number of carbonyl (C=O) groups is 3. The van der Waals surface area contributed by atoms with Crippen molar-refractivity contribution in [2.24, 2.45) is 10.8 Å². The molecule has 6 nitrogen and oxygen atoms in total. The SMILES string of the molecule is CC1CC(=O)C(C)(C(=O)O)C(C(C)(C)C)N1C(=O)O. The second-order valence-corrected chi connectivity index (χ2v) is 6.44. The number of aliphatic carboxylic acids is 1. The number of piperidine rings is 1. The van der Waals surface area contributed by atoms with E-state index in [1.165, 1.54) is 6.92 Å². The quantitative estimate of drug-likeness (QED) is 0.709. The molecule has 0 aromatic rings. The summed E-state index contributed by atoms with van der Waals surface area (Å²) in [6.07, 6.45) is -1.26. The molecule has 1 fully saturated rings. The van der Waals surface area contributed by atoms with Crippen LogP contribution in [0.25, 0.3) is 0 Å². The molecule has 0 saturated carbocycles. The van der Waals surface area contributed by atoms with Gasteiger partial charge in [0.2, 0.25) is 0 Å². The van der Waals surface area contributed by atoms with E-state index in [4.69, 9.17) is 0 Å². The van der Waals surface area contributed by atoms with Gasteiger partial charge in [0, 0.05) is 12.5 Å². The fourth-order valence-corrected chi connectivity index (χ4v) is 3.08. The number of carboxylic acids is 1. The number of likely N-dealkylation sites (tertiary alicyclic amines) is 1. The van der Waals surface area contributed by atoms with Crippen molar-refractivity contribution in [3.63, 3.8) is 0 Å². The molecule has 3 atom stereocenters. The Bertz CT molecular complexity index is 425. The van der Waals surface area contributed by atoms with E-state index < -0.39 is 40.8 Å². The summed E-state index contributed by atoms with van der Waals surface area (Å²) in [7, 11) is 0. The Kier molecular flexibility index (Phi) is 3.67. The summed E-state index contributed by atoms with van der Waals surface area (Å²) in [5.74, 6) is -1.68. The third kappa shape index (κ3) is 2.31. The van der Waals surface area contributed by atoms with Crippen LogP contribution in [-0.4, -0.2) is 45.0 Å². The Hall–Kier alpha value is -1.59. The Morgan fingerprint density at radius 3 is 2.11 bits per heavy atom. The molecule has 2 N–H and O–H groups in total. The van der Waals surface area contributed by atoms with Gasteiger partial charge in [-0.05, 0) is 19.3 Å². The van der Waals surface area contributed by atoms with Crippen LogP contribution in [0, 0.1) is 10.8 Å². The van der Waals surface area contributed by atoms with E-state index in [9.17, 15) is 24.6 Å². The standard InChI is InChI=1S/C13H21NO5/c1-7-6-8(15)13(5,10(16)17)9(12(2,3)4)14(7)11(18)19/h7,9H,6H2,1-5H3,(H,16,17)(H,18,19). The van der Waals surface area contributed by atoms with Crippen LogP contribution in [0.4, 0.5) is 4.79 Å². The highest BCUT2D eigenvalue weighted by Gasteiger charge is 2.59. The molecule has 1 rings (SSSR count). The fraction of sp³-hybridized carbons (Fsp3) is 0.769. The van der Waals surface area contributed by atoms with Gasteiger partial charge < -0.3 is 15.1 Å². The molecule has 0 radical (unpaired) electrons. The summed E-state index contributed by atoms with van der Waals surface area (Å²) >= 11 is 0. The molecule has 19 heavy (non-hydrogen) atoms. The Balaban J connectivity index is 3.48. The van der Waals surface area contributed by atoms with Gasteiger partial charge in [-0.3, -0.25) is 9.59 Å². The Morgan fingerprint density at radius 2 is 1.79 bits per heavy atom. The minimum absolute atomic E-state index is 0.0678. The highest BCUT2D eigenvalue weighted by Crippen LogP contribution is 2.44. The molecule has 1 saturated heterocycles. The summed E-state index contributed by atoms with van der Waals surface area (Å²) in [5, 5.41) is 18.8. The number of carbonyl (C=O) groups excluding carboxylic acids is 1. The van der Waals surface area contributed by atoms with Gasteiger partial charge >= 0.3 is 12.1 Å². The van der Waals surface area contributed by atoms with Crippen LogP contribution in [0.3, 0.4) is 0 Å². The summed E-state index contributed by atoms with van der Waals surface area (Å²) < 4.78 is 0. The second-order valence-electron chi connectivity index (χ2n) is 6.44. The molecule has 0 aromatic carbocycles. The van der Waals surface area contributed by atoms with E-state index in [0.29, 0.717) is 0 Å². The largest absolute Gasteiger partial charge is 0.480 e. The molecule has 6 heteroatoms. The minimum atomic E-state index is -1.71. The molecule has 108 valence electrons. The molecule has 1 aliphatic rings. The van der Waals surface area contributed by atoms with Crippen LogP contribution in [0.15, 0.2) is 0 Å². The summed E-state index contributed by atoms with van der Waals surface area (Å²) in [6, 6.07) is -1.41. The smallest absolute Gasteiger partial charge is 0.407 e. The molecular weight excluding hydrogens is 250 g/mol. The normalized spacial score (nSPS) is 32.3. The third-order valence-corrected chi connectivity index (χ3v) is 3.85. The van der Waals surface area contributed by atoms with Crippen LogP contribution in [0.1, 0.15) is 41.0 Å². The Morgan fingerprint density at radius 1 is 1.32 bits per heavy atom. The van der Waals surface area contributed by atoms with Crippen LogP contribution in [-0.2, 0) is 9.59 Å². The number of hydrogen-bond donors (Lipinski definition) is 2. The molecule has 0 aliphatic carbocycles. The van der Waals surface area contributed by atoms with Gasteiger partial charge in [-0.15, -0.1) is 0 Å². The summed E-state index contributed by atoms with van der Waals surface area (Å²) in [4.78, 5) is 36.4. The van der Waals surface area contributed by atoms with E-state index in [0.717, 1.165) is 4.90 Å². The lowest BCUT2D eigenvalue weighted by atomic mass is 9.63. The lowest BCUT2D eigenvalue weighted by Gasteiger charge is -2.52. The lowest BCUT2D eigenvalue weighted by Crippen LogP contribution is -2.67. The second kappa shape index (κ2) is 4.51. The monoisotopic (exact) mass is 271 g/mol. The fourth-order valence-electron chi connectivity index (χ4n) is 3.08. The van der Waals surface area contributed by atoms with Crippen molar-refractivity contribution in [1.82, 2.24) is 4.90 Å². The molecule has 0 aromatic heterocycles. The van der Waals surface area contributed by atoms with Crippen LogP contribution >= 0.6 is 0 Å². The van der Waals surface area contributed by atoms with Gasteiger partial charge in [0.25, 0.3) is 0 Å². The predicted octanol–water partition coefficient (Wildman–Crippen LogP) is 1.83. The van der Waals surface area contributed by atoms with Gasteiger partial charge in [-0.1, -0.05) is 20.8 Å². The van der Waals surface area contributed by atoms with Gasteiger partial charge in [0.1, 0.15) is 5.41 Å². The number of ketones is 1. The minimum Gasteiger partial charge on any atom is -0.480 e. The first-order valence-electron chi connectivity index (χ1n) is 6.22. The zero-order valence-corrected chi connectivity index (χ0v) is 11.9. The first-order chi connectivity index (χ1) is 8.44. The zero-order chi connectivity index (χ0) is 15.2. The van der Waals surface area contributed by atoms with Crippen LogP contribution in [0.5, 0.6) is 0 Å². The van der Waals surface area contributed by atoms with Crippen molar-refractivity contribution in [2.75, 3.05) is 0 Å². The highest BCUT2D eigenvalue weighted by molar-refractivity contribution is 6.05. The van der Waals surface area contributed by atoms with E-state index in [-0.39, 0.29) is 6.42 Å². The molecule has 0 spiro atoms. The molecule has 1 aliphatic heterocycles. The Labute approximate surface area is 112 Å². The molecule has 1 heterocycles. The maximum atomic E-state index is 12.2. The first-order valence-corrected chi connectivity index (χ1v) is 6.22. The molecular formula is C13H21NO5. The van der Waals surface area contributed by atoms with Gasteiger partial charge in [-0.2, -0.15) is 0 Å². The summed E-state index contributed by atoms with van der Waals surface area (Å²) in [5.41, 5.74) is -2.36. The van der Waals surface area contributed by atoms with Gasteiger partial charge in [0.05, 0.1) is 6.04 Å². The lowest BCUT2D eigenvalue weighted by molar-refractivity contribution is -0.167. The first kappa shape index (κ1) is 15.5. The van der Waals surface area contributed by atoms with Crippen molar-refractivity contribution in [3.8, 4) is 0 Å². The van der Waals surface area contributed by atoms with Crippen molar-refractivity contribution in [3.05, 3.63) is 0 Å². The zero-order valence-electron chi connectivity index (χ0n) is 11.9. The summed E-state index contributed by atoms with van der Waals surface area (Å²) in [6.45, 7) is 8.21. The maximum absolute atomic E-state index is 12.2. The number of rotatable bonds is 1. The number of Topliss-reactive ketones (excluding diaryl/α,β-unsaturated/α-hetero) is 1. The average molecular weight is 271 g/mol. The van der Waals surface area contributed by atoms with Crippen LogP contribution < -0.4 is 0 Å². The van der Waals surface area contributed by atoms with Crippen molar-refractivity contribution < 1.29 is 24.6 Å². The average Bonchev–Trinajstić information content (AvgIpc) is 2.20. The number of amides is 1.